The minimum Gasteiger partial charge on any atom is -0.337 e. The number of fused-ring (bicyclic) bond motifs is 1. The molecule has 2 unspecified atom stereocenters. The van der Waals surface area contributed by atoms with Crippen LogP contribution in [0.2, 0.25) is 0 Å². The fourth-order valence-electron chi connectivity index (χ4n) is 3.27. The van der Waals surface area contributed by atoms with E-state index in [1.807, 2.05) is 16.5 Å². The molecule has 0 bridgehead atoms. The highest BCUT2D eigenvalue weighted by Gasteiger charge is 2.55. The van der Waals surface area contributed by atoms with E-state index in [1.165, 1.54) is 0 Å². The molecule has 4 nitrogen and oxygen atoms in total. The Morgan fingerprint density at radius 3 is 3.29 bits per heavy atom. The molecular weight excluding hydrogens is 234 g/mol. The van der Waals surface area contributed by atoms with Crippen molar-refractivity contribution in [2.45, 2.75) is 37.8 Å². The lowest BCUT2D eigenvalue weighted by Gasteiger charge is -2.33. The van der Waals surface area contributed by atoms with Gasteiger partial charge in [-0.1, -0.05) is 6.92 Å². The lowest BCUT2D eigenvalue weighted by molar-refractivity contribution is -0.127. The molecule has 2 atom stereocenters. The van der Waals surface area contributed by atoms with Gasteiger partial charge in [0, 0.05) is 18.1 Å². The van der Waals surface area contributed by atoms with E-state index in [0.717, 1.165) is 30.9 Å². The molecule has 1 N–H and O–H groups in total. The molecule has 0 aromatic carbocycles. The molecule has 0 radical (unpaired) electrons. The zero-order valence-electron chi connectivity index (χ0n) is 9.98. The first-order chi connectivity index (χ1) is 8.28. The van der Waals surface area contributed by atoms with Crippen LogP contribution in [0.1, 0.15) is 31.2 Å². The summed E-state index contributed by atoms with van der Waals surface area (Å²) >= 11 is 1.66. The van der Waals surface area contributed by atoms with E-state index in [2.05, 4.69) is 17.2 Å². The van der Waals surface area contributed by atoms with Crippen LogP contribution in [0.5, 0.6) is 0 Å². The maximum Gasteiger partial charge on any atom is 0.225 e. The van der Waals surface area contributed by atoms with Crippen LogP contribution >= 0.6 is 11.3 Å². The molecule has 3 heterocycles. The lowest BCUT2D eigenvalue weighted by Crippen LogP contribution is -2.50. The molecule has 2 aliphatic rings. The molecule has 1 aromatic rings. The van der Waals surface area contributed by atoms with Crippen LogP contribution in [-0.2, 0) is 10.3 Å². The van der Waals surface area contributed by atoms with Crippen LogP contribution in [0.4, 0.5) is 0 Å². The molecule has 92 valence electrons. The van der Waals surface area contributed by atoms with Gasteiger partial charge in [0.2, 0.25) is 5.91 Å². The summed E-state index contributed by atoms with van der Waals surface area (Å²) < 4.78 is 0. The predicted molar refractivity (Wildman–Crippen MR) is 66.8 cm³/mol. The van der Waals surface area contributed by atoms with Gasteiger partial charge in [0.1, 0.15) is 10.5 Å². The van der Waals surface area contributed by atoms with E-state index in [-0.39, 0.29) is 11.4 Å². The van der Waals surface area contributed by atoms with E-state index in [9.17, 15) is 4.79 Å². The highest BCUT2D eigenvalue weighted by Crippen LogP contribution is 2.44. The Kier molecular flexibility index (Phi) is 2.67. The minimum absolute atomic E-state index is 0.226. The lowest BCUT2D eigenvalue weighted by atomic mass is 9.89. The van der Waals surface area contributed by atoms with Crippen molar-refractivity contribution >= 4 is 17.2 Å². The average Bonchev–Trinajstić information content (AvgIpc) is 3.01. The number of nitrogens with zero attached hydrogens (tertiary/aromatic N) is 2. The van der Waals surface area contributed by atoms with E-state index in [1.54, 1.807) is 11.3 Å². The van der Waals surface area contributed by atoms with Crippen molar-refractivity contribution in [2.24, 2.45) is 0 Å². The Bertz CT molecular complexity index is 419. The smallest absolute Gasteiger partial charge is 0.225 e. The number of hydrogen-bond donors (Lipinski definition) is 1. The van der Waals surface area contributed by atoms with Crippen LogP contribution in [0.25, 0.3) is 0 Å². The van der Waals surface area contributed by atoms with Gasteiger partial charge in [-0.15, -0.1) is 11.3 Å². The van der Waals surface area contributed by atoms with Gasteiger partial charge >= 0.3 is 0 Å². The van der Waals surface area contributed by atoms with Gasteiger partial charge < -0.3 is 10.2 Å². The van der Waals surface area contributed by atoms with Crippen LogP contribution in [-0.4, -0.2) is 34.9 Å². The highest BCUT2D eigenvalue weighted by molar-refractivity contribution is 7.09. The molecule has 0 saturated carbocycles. The number of amides is 1. The number of aromatic nitrogens is 1. The Morgan fingerprint density at radius 2 is 2.59 bits per heavy atom. The van der Waals surface area contributed by atoms with Gasteiger partial charge in [0.05, 0.1) is 12.5 Å². The maximum atomic E-state index is 12.1. The van der Waals surface area contributed by atoms with Gasteiger partial charge in [0.25, 0.3) is 0 Å². The minimum atomic E-state index is -0.226. The molecule has 1 amide bonds. The summed E-state index contributed by atoms with van der Waals surface area (Å²) in [7, 11) is 0. The molecule has 0 spiro atoms. The first kappa shape index (κ1) is 11.2. The molecule has 2 saturated heterocycles. The Labute approximate surface area is 105 Å². The number of rotatable bonds is 3. The van der Waals surface area contributed by atoms with Crippen molar-refractivity contribution < 1.29 is 4.79 Å². The molecule has 0 aliphatic carbocycles. The Morgan fingerprint density at radius 1 is 1.71 bits per heavy atom. The summed E-state index contributed by atoms with van der Waals surface area (Å²) in [5.41, 5.74) is -0.226. The van der Waals surface area contributed by atoms with Crippen molar-refractivity contribution in [3.63, 3.8) is 0 Å². The fraction of sp³-hybridized carbons (Fsp3) is 0.667. The van der Waals surface area contributed by atoms with Gasteiger partial charge in [-0.25, -0.2) is 4.98 Å². The predicted octanol–water partition coefficient (Wildman–Crippen LogP) is 1.34. The van der Waals surface area contributed by atoms with Crippen molar-refractivity contribution in [2.75, 3.05) is 13.1 Å². The monoisotopic (exact) mass is 251 g/mol. The zero-order valence-corrected chi connectivity index (χ0v) is 10.8. The summed E-state index contributed by atoms with van der Waals surface area (Å²) in [5.74, 6) is 0.281. The standard InChI is InChI=1S/C12H17N3OS/c1-2-14-12(11-13-5-7-17-11)8-10(16)15-6-3-4-9(12)15/h5,7,9,14H,2-4,6,8H2,1H3. The second-order valence-electron chi connectivity index (χ2n) is 4.76. The third-order valence-electron chi connectivity index (χ3n) is 3.88. The molecule has 2 aliphatic heterocycles. The fourth-order valence-corrected chi connectivity index (χ4v) is 4.13. The maximum absolute atomic E-state index is 12.1. The molecule has 5 heteroatoms. The van der Waals surface area contributed by atoms with Crippen molar-refractivity contribution in [3.8, 4) is 0 Å². The van der Waals surface area contributed by atoms with Crippen LogP contribution < -0.4 is 5.32 Å². The van der Waals surface area contributed by atoms with E-state index < -0.39 is 0 Å². The van der Waals surface area contributed by atoms with Crippen molar-refractivity contribution in [1.29, 1.82) is 0 Å². The van der Waals surface area contributed by atoms with Gasteiger partial charge in [-0.05, 0) is 19.4 Å². The second-order valence-corrected chi connectivity index (χ2v) is 5.66. The van der Waals surface area contributed by atoms with E-state index in [4.69, 9.17) is 0 Å². The third-order valence-corrected chi connectivity index (χ3v) is 4.83. The SMILES string of the molecule is CCNC1(c2nccs2)CC(=O)N2CCCC21. The molecule has 17 heavy (non-hydrogen) atoms. The van der Waals surface area contributed by atoms with Gasteiger partial charge in [-0.2, -0.15) is 0 Å². The van der Waals surface area contributed by atoms with E-state index >= 15 is 0 Å². The molecule has 1 aromatic heterocycles. The van der Waals surface area contributed by atoms with Gasteiger partial charge in [-0.3, -0.25) is 4.79 Å². The number of thiazole rings is 1. The highest BCUT2D eigenvalue weighted by atomic mass is 32.1. The zero-order chi connectivity index (χ0) is 11.9. The van der Waals surface area contributed by atoms with Crippen LogP contribution in [0, 0.1) is 0 Å². The number of likely N-dealkylation sites (N-methyl/N-ethyl adjacent to an activating group) is 1. The number of nitrogens with one attached hydrogen (secondary N) is 1. The second kappa shape index (κ2) is 4.07. The number of hydrogen-bond acceptors (Lipinski definition) is 4. The summed E-state index contributed by atoms with van der Waals surface area (Å²) in [6.45, 7) is 3.89. The van der Waals surface area contributed by atoms with E-state index in [0.29, 0.717) is 12.5 Å². The van der Waals surface area contributed by atoms with Crippen LogP contribution in [0.3, 0.4) is 0 Å². The van der Waals surface area contributed by atoms with Gasteiger partial charge in [0.15, 0.2) is 0 Å². The summed E-state index contributed by atoms with van der Waals surface area (Å²) in [6, 6.07) is 0.307. The third kappa shape index (κ3) is 1.52. The van der Waals surface area contributed by atoms with Crippen molar-refractivity contribution in [3.05, 3.63) is 16.6 Å². The normalized spacial score (nSPS) is 32.2. The van der Waals surface area contributed by atoms with Crippen molar-refractivity contribution in [1.82, 2.24) is 15.2 Å². The molecular formula is C12H17N3OS. The molecule has 3 rings (SSSR count). The number of carbonyl (C=O) groups excluding carboxylic acids is 1. The Balaban J connectivity index is 2.03. The summed E-state index contributed by atoms with van der Waals surface area (Å²) in [5, 5.41) is 6.62. The average molecular weight is 251 g/mol. The first-order valence-corrected chi connectivity index (χ1v) is 7.10. The summed E-state index contributed by atoms with van der Waals surface area (Å²) in [4.78, 5) is 18.6. The first-order valence-electron chi connectivity index (χ1n) is 6.22. The quantitative estimate of drug-likeness (QED) is 0.882. The number of carbonyl (C=O) groups is 1. The van der Waals surface area contributed by atoms with Crippen LogP contribution in [0.15, 0.2) is 11.6 Å². The molecule has 2 fully saturated rings. The summed E-state index contributed by atoms with van der Waals surface area (Å²) in [6.07, 6.45) is 4.62. The largest absolute Gasteiger partial charge is 0.337 e. The Hall–Kier alpha value is -0.940. The topological polar surface area (TPSA) is 45.2 Å².